The molecule has 0 saturated carbocycles. The van der Waals surface area contributed by atoms with Gasteiger partial charge in [-0.05, 0) is 40.7 Å². The van der Waals surface area contributed by atoms with Crippen LogP contribution in [0.25, 0.3) is 5.57 Å². The number of hydrogen-bond donors (Lipinski definition) is 2. The summed E-state index contributed by atoms with van der Waals surface area (Å²) in [6.45, 7) is 10.8. The Morgan fingerprint density at radius 3 is 1.78 bits per heavy atom. The average molecular weight is 444 g/mol. The summed E-state index contributed by atoms with van der Waals surface area (Å²) in [5.74, 6) is -1.10. The van der Waals surface area contributed by atoms with Crippen LogP contribution in [-0.2, 0) is 15.6 Å². The number of nitrogens with one attached hydrogen (secondary N) is 1. The second kappa shape index (κ2) is 8.70. The Morgan fingerprint density at radius 1 is 0.938 bits per heavy atom. The monoisotopic (exact) mass is 444 g/mol. The van der Waals surface area contributed by atoms with E-state index in [0.29, 0.717) is 16.8 Å². The molecule has 0 aromatic heterocycles. The minimum absolute atomic E-state index is 0.0397. The first-order valence-corrected chi connectivity index (χ1v) is 10.0. The number of para-hydroxylation sites is 1. The Bertz CT molecular complexity index is 1050. The number of nitrogens with zero attached hydrogens (tertiary/aromatic N) is 1. The highest BCUT2D eigenvalue weighted by Crippen LogP contribution is 2.42. The number of alkyl halides is 3. The molecule has 0 atom stereocenters. The number of carbonyl (C=O) groups excluding carboxylic acids is 1. The SMILES string of the molecule is CC(C)(C)c1cc(C(C(=O)Nc2ccccc2)=C(C#N)C(F)(F)F)cc(C(C)(C)C)c1O. The van der Waals surface area contributed by atoms with Crippen molar-refractivity contribution in [1.82, 2.24) is 0 Å². The fourth-order valence-corrected chi connectivity index (χ4v) is 3.29. The van der Waals surface area contributed by atoms with Crippen molar-refractivity contribution in [1.29, 1.82) is 5.26 Å². The number of rotatable bonds is 3. The molecule has 0 bridgehead atoms. The Morgan fingerprint density at radius 2 is 1.41 bits per heavy atom. The van der Waals surface area contributed by atoms with Gasteiger partial charge in [-0.15, -0.1) is 0 Å². The molecule has 0 saturated heterocycles. The maximum atomic E-state index is 13.8. The van der Waals surface area contributed by atoms with Gasteiger partial charge in [0.1, 0.15) is 17.4 Å². The largest absolute Gasteiger partial charge is 0.507 e. The van der Waals surface area contributed by atoms with Crippen LogP contribution in [0.2, 0.25) is 0 Å². The van der Waals surface area contributed by atoms with Crippen LogP contribution in [0.5, 0.6) is 5.75 Å². The van der Waals surface area contributed by atoms with Gasteiger partial charge in [-0.1, -0.05) is 59.7 Å². The Hall–Kier alpha value is -3.27. The van der Waals surface area contributed by atoms with E-state index in [1.165, 1.54) is 30.3 Å². The highest BCUT2D eigenvalue weighted by Gasteiger charge is 2.40. The zero-order chi connectivity index (χ0) is 24.5. The van der Waals surface area contributed by atoms with Crippen LogP contribution in [0, 0.1) is 11.3 Å². The molecule has 2 N–H and O–H groups in total. The fraction of sp³-hybridized carbons (Fsp3) is 0.360. The lowest BCUT2D eigenvalue weighted by atomic mass is 9.77. The standard InChI is InChI=1S/C25H27F3N2O2/c1-23(2,3)17-12-15(13-18(21(17)31)24(4,5)6)20(19(14-29)25(26,27)28)22(32)30-16-10-8-7-9-11-16/h7-13,31H,1-6H3,(H,30,32). The molecule has 0 aliphatic carbocycles. The van der Waals surface area contributed by atoms with Crippen molar-refractivity contribution in [2.24, 2.45) is 0 Å². The van der Waals surface area contributed by atoms with Gasteiger partial charge in [0.25, 0.3) is 5.91 Å². The molecule has 2 aromatic rings. The van der Waals surface area contributed by atoms with Crippen molar-refractivity contribution in [2.45, 2.75) is 58.5 Å². The quantitative estimate of drug-likeness (QED) is 0.421. The van der Waals surface area contributed by atoms with E-state index in [-0.39, 0.29) is 11.3 Å². The smallest absolute Gasteiger partial charge is 0.427 e. The van der Waals surface area contributed by atoms with Crippen LogP contribution in [0.3, 0.4) is 0 Å². The van der Waals surface area contributed by atoms with Gasteiger partial charge in [0.2, 0.25) is 0 Å². The molecule has 2 aromatic carbocycles. The Balaban J connectivity index is 2.90. The molecular weight excluding hydrogens is 417 g/mol. The van der Waals surface area contributed by atoms with Crippen LogP contribution < -0.4 is 5.32 Å². The van der Waals surface area contributed by atoms with E-state index in [1.807, 2.05) is 0 Å². The third kappa shape index (κ3) is 5.50. The molecule has 0 unspecified atom stereocenters. The summed E-state index contributed by atoms with van der Waals surface area (Å²) in [7, 11) is 0. The number of nitriles is 1. The number of carbonyl (C=O) groups is 1. The molecule has 0 aliphatic rings. The number of aromatic hydroxyl groups is 1. The van der Waals surface area contributed by atoms with Crippen LogP contribution in [0.15, 0.2) is 48.0 Å². The number of benzene rings is 2. The van der Waals surface area contributed by atoms with Gasteiger partial charge in [0.05, 0.1) is 5.57 Å². The van der Waals surface area contributed by atoms with Crippen LogP contribution in [0.1, 0.15) is 58.2 Å². The first-order valence-electron chi connectivity index (χ1n) is 10.0. The van der Waals surface area contributed by atoms with Crippen molar-refractivity contribution in [2.75, 3.05) is 5.32 Å². The van der Waals surface area contributed by atoms with Gasteiger partial charge >= 0.3 is 6.18 Å². The number of hydrogen-bond acceptors (Lipinski definition) is 3. The molecule has 0 heterocycles. The summed E-state index contributed by atoms with van der Waals surface area (Å²) in [4.78, 5) is 13.1. The number of amides is 1. The van der Waals surface area contributed by atoms with E-state index in [4.69, 9.17) is 0 Å². The summed E-state index contributed by atoms with van der Waals surface area (Å²) in [6.07, 6.45) is -5.04. The van der Waals surface area contributed by atoms with E-state index in [9.17, 15) is 28.3 Å². The van der Waals surface area contributed by atoms with E-state index >= 15 is 0 Å². The molecule has 7 heteroatoms. The van der Waals surface area contributed by atoms with Gasteiger partial charge in [-0.25, -0.2) is 0 Å². The molecule has 4 nitrogen and oxygen atoms in total. The minimum atomic E-state index is -5.04. The molecule has 0 spiro atoms. The third-order valence-electron chi connectivity index (χ3n) is 4.92. The zero-order valence-corrected chi connectivity index (χ0v) is 19.0. The van der Waals surface area contributed by atoms with Gasteiger partial charge in [-0.2, -0.15) is 18.4 Å². The van der Waals surface area contributed by atoms with Gasteiger partial charge in [-0.3, -0.25) is 4.79 Å². The number of phenolic OH excluding ortho intramolecular Hbond substituents is 1. The normalized spacial score (nSPS) is 13.2. The van der Waals surface area contributed by atoms with E-state index in [1.54, 1.807) is 59.7 Å². The summed E-state index contributed by atoms with van der Waals surface area (Å²) in [6, 6.07) is 11.9. The van der Waals surface area contributed by atoms with Crippen LogP contribution >= 0.6 is 0 Å². The van der Waals surface area contributed by atoms with Gasteiger partial charge in [0, 0.05) is 16.8 Å². The first-order chi connectivity index (χ1) is 14.6. The second-order valence-electron chi connectivity index (χ2n) is 9.60. The lowest BCUT2D eigenvalue weighted by Crippen LogP contribution is -2.23. The molecule has 0 radical (unpaired) electrons. The molecule has 2 rings (SSSR count). The van der Waals surface area contributed by atoms with Crippen molar-refractivity contribution in [3.63, 3.8) is 0 Å². The molecule has 1 amide bonds. The molecular formula is C25H27F3N2O2. The first kappa shape index (κ1) is 25.0. The van der Waals surface area contributed by atoms with Crippen molar-refractivity contribution < 1.29 is 23.1 Å². The summed E-state index contributed by atoms with van der Waals surface area (Å²) in [5.41, 5.74) is -2.69. The highest BCUT2D eigenvalue weighted by molar-refractivity contribution is 6.27. The lowest BCUT2D eigenvalue weighted by molar-refractivity contribution is -0.112. The summed E-state index contributed by atoms with van der Waals surface area (Å²) in [5, 5.41) is 22.7. The van der Waals surface area contributed by atoms with Crippen molar-refractivity contribution in [3.8, 4) is 11.8 Å². The zero-order valence-electron chi connectivity index (χ0n) is 19.0. The molecule has 32 heavy (non-hydrogen) atoms. The van der Waals surface area contributed by atoms with Gasteiger partial charge < -0.3 is 10.4 Å². The number of allylic oxidation sites excluding steroid dienone is 1. The minimum Gasteiger partial charge on any atom is -0.507 e. The molecule has 0 fully saturated rings. The predicted molar refractivity (Wildman–Crippen MR) is 119 cm³/mol. The van der Waals surface area contributed by atoms with E-state index < -0.39 is 34.1 Å². The van der Waals surface area contributed by atoms with E-state index in [0.717, 1.165) is 0 Å². The summed E-state index contributed by atoms with van der Waals surface area (Å²) >= 11 is 0. The number of halogens is 3. The maximum absolute atomic E-state index is 13.8. The predicted octanol–water partition coefficient (Wildman–Crippen LogP) is 6.47. The molecule has 0 aliphatic heterocycles. The third-order valence-corrected chi connectivity index (χ3v) is 4.92. The summed E-state index contributed by atoms with van der Waals surface area (Å²) < 4.78 is 41.4. The van der Waals surface area contributed by atoms with Gasteiger partial charge in [0.15, 0.2) is 0 Å². The topological polar surface area (TPSA) is 73.1 Å². The van der Waals surface area contributed by atoms with Crippen LogP contribution in [-0.4, -0.2) is 17.2 Å². The fourth-order valence-electron chi connectivity index (χ4n) is 3.29. The van der Waals surface area contributed by atoms with Crippen LogP contribution in [0.4, 0.5) is 18.9 Å². The average Bonchev–Trinajstić information content (AvgIpc) is 2.64. The van der Waals surface area contributed by atoms with Crippen molar-refractivity contribution >= 4 is 17.2 Å². The Labute approximate surface area is 186 Å². The van der Waals surface area contributed by atoms with Crippen molar-refractivity contribution in [3.05, 3.63) is 64.7 Å². The number of phenols is 1. The maximum Gasteiger partial charge on any atom is 0.427 e. The number of anilines is 1. The van der Waals surface area contributed by atoms with E-state index in [2.05, 4.69) is 5.32 Å². The molecule has 170 valence electrons. The highest BCUT2D eigenvalue weighted by atomic mass is 19.4. The Kier molecular flexibility index (Phi) is 6.79. The lowest BCUT2D eigenvalue weighted by Gasteiger charge is -2.28. The second-order valence-corrected chi connectivity index (χ2v) is 9.60.